The van der Waals surface area contributed by atoms with Crippen molar-refractivity contribution in [2.24, 2.45) is 5.92 Å². The molecule has 6 heteroatoms. The number of pyridine rings is 1. The second-order valence-electron chi connectivity index (χ2n) is 8.73. The van der Waals surface area contributed by atoms with Gasteiger partial charge in [-0.1, -0.05) is 30.3 Å². The van der Waals surface area contributed by atoms with Gasteiger partial charge in [0.25, 0.3) is 0 Å². The van der Waals surface area contributed by atoms with Gasteiger partial charge in [-0.05, 0) is 55.2 Å². The lowest BCUT2D eigenvalue weighted by Crippen LogP contribution is -2.40. The molecule has 2 fully saturated rings. The molecule has 2 atom stereocenters. The third-order valence-electron chi connectivity index (χ3n) is 6.61. The Morgan fingerprint density at radius 3 is 2.53 bits per heavy atom. The molecule has 6 rings (SSSR count). The molecule has 0 radical (unpaired) electrons. The Balaban J connectivity index is 1.35. The van der Waals surface area contributed by atoms with Gasteiger partial charge >= 0.3 is 0 Å². The molecule has 4 aromatic rings. The third kappa shape index (κ3) is 3.42. The quantitative estimate of drug-likeness (QED) is 0.521. The van der Waals surface area contributed by atoms with E-state index in [1.807, 2.05) is 29.1 Å². The summed E-state index contributed by atoms with van der Waals surface area (Å²) in [5.41, 5.74) is 4.45. The Bertz CT molecular complexity index is 1250. The molecule has 1 aliphatic heterocycles. The lowest BCUT2D eigenvalue weighted by Gasteiger charge is -2.31. The summed E-state index contributed by atoms with van der Waals surface area (Å²) in [4.78, 5) is 19.1. The zero-order valence-electron chi connectivity index (χ0n) is 17.8. The Hall–Kier alpha value is -3.67. The first-order valence-corrected chi connectivity index (χ1v) is 11.3. The van der Waals surface area contributed by atoms with Gasteiger partial charge in [-0.15, -0.1) is 0 Å². The topological polar surface area (TPSA) is 63.1 Å². The van der Waals surface area contributed by atoms with Crippen LogP contribution in [-0.4, -0.2) is 33.3 Å². The number of carbonyl (C=O) groups is 1. The number of amides is 1. The highest BCUT2D eigenvalue weighted by molar-refractivity contribution is 5.84. The highest BCUT2D eigenvalue weighted by atomic mass is 16.2. The van der Waals surface area contributed by atoms with Crippen LogP contribution in [0.3, 0.4) is 0 Å². The van der Waals surface area contributed by atoms with Crippen molar-refractivity contribution in [1.29, 1.82) is 0 Å². The molecule has 3 heterocycles. The molecular formula is C26H25N5O. The highest BCUT2D eigenvalue weighted by Crippen LogP contribution is 2.38. The predicted molar refractivity (Wildman–Crippen MR) is 125 cm³/mol. The summed E-state index contributed by atoms with van der Waals surface area (Å²) >= 11 is 0. The molecule has 0 unspecified atom stereocenters. The van der Waals surface area contributed by atoms with E-state index in [0.29, 0.717) is 0 Å². The minimum absolute atomic E-state index is 0.112. The summed E-state index contributed by atoms with van der Waals surface area (Å²) in [6.45, 7) is 0.902. The zero-order chi connectivity index (χ0) is 21.5. The van der Waals surface area contributed by atoms with Crippen LogP contribution in [-0.2, 0) is 4.79 Å². The van der Waals surface area contributed by atoms with Gasteiger partial charge in [-0.2, -0.15) is 5.10 Å². The Labute approximate surface area is 186 Å². The summed E-state index contributed by atoms with van der Waals surface area (Å²) in [5.74, 6) is 0.433. The molecule has 160 valence electrons. The lowest BCUT2D eigenvalue weighted by atomic mass is 9.99. The van der Waals surface area contributed by atoms with E-state index < -0.39 is 0 Å². The van der Waals surface area contributed by atoms with Crippen molar-refractivity contribution >= 4 is 22.5 Å². The first kappa shape index (κ1) is 19.0. The van der Waals surface area contributed by atoms with Gasteiger partial charge in [0.05, 0.1) is 29.5 Å². The van der Waals surface area contributed by atoms with Crippen molar-refractivity contribution in [3.8, 4) is 5.69 Å². The fourth-order valence-corrected chi connectivity index (χ4v) is 4.83. The van der Waals surface area contributed by atoms with E-state index in [2.05, 4.69) is 62.8 Å². The van der Waals surface area contributed by atoms with Crippen LogP contribution in [0.15, 0.2) is 79.3 Å². The number of nitrogens with zero attached hydrogens (tertiary/aromatic N) is 4. The molecule has 6 nitrogen and oxygen atoms in total. The minimum Gasteiger partial charge on any atom is -0.362 e. The van der Waals surface area contributed by atoms with Crippen LogP contribution < -0.4 is 10.2 Å². The number of nitrogens with one attached hydrogen (secondary N) is 1. The summed E-state index contributed by atoms with van der Waals surface area (Å²) in [5, 5.41) is 9.05. The number of hydrogen-bond donors (Lipinski definition) is 1. The normalized spacial score (nSPS) is 20.6. The first-order chi connectivity index (χ1) is 15.8. The van der Waals surface area contributed by atoms with Crippen LogP contribution in [0.1, 0.15) is 30.9 Å². The van der Waals surface area contributed by atoms with E-state index in [1.165, 1.54) is 5.56 Å². The van der Waals surface area contributed by atoms with Crippen molar-refractivity contribution in [1.82, 2.24) is 20.1 Å². The second-order valence-corrected chi connectivity index (χ2v) is 8.73. The van der Waals surface area contributed by atoms with Gasteiger partial charge in [-0.3, -0.25) is 9.78 Å². The van der Waals surface area contributed by atoms with Crippen molar-refractivity contribution in [2.75, 3.05) is 11.4 Å². The average Bonchev–Trinajstić information content (AvgIpc) is 3.49. The van der Waals surface area contributed by atoms with E-state index in [-0.39, 0.29) is 23.9 Å². The molecule has 2 aliphatic rings. The molecular weight excluding hydrogens is 398 g/mol. The number of hydrogen-bond acceptors (Lipinski definition) is 4. The predicted octanol–water partition coefficient (Wildman–Crippen LogP) is 4.27. The van der Waals surface area contributed by atoms with Crippen molar-refractivity contribution in [3.63, 3.8) is 0 Å². The van der Waals surface area contributed by atoms with Crippen LogP contribution in [0, 0.1) is 5.92 Å². The summed E-state index contributed by atoms with van der Waals surface area (Å²) in [6, 6.07) is 21.2. The number of fused-ring (bicyclic) bond motifs is 1. The number of carbonyl (C=O) groups excluding carboxylic acids is 1. The fourth-order valence-electron chi connectivity index (χ4n) is 4.83. The molecule has 1 N–H and O–H groups in total. The van der Waals surface area contributed by atoms with Gasteiger partial charge in [0.1, 0.15) is 0 Å². The van der Waals surface area contributed by atoms with Crippen LogP contribution >= 0.6 is 0 Å². The lowest BCUT2D eigenvalue weighted by molar-refractivity contribution is -0.123. The molecule has 32 heavy (non-hydrogen) atoms. The highest BCUT2D eigenvalue weighted by Gasteiger charge is 2.39. The molecule has 0 spiro atoms. The van der Waals surface area contributed by atoms with Crippen molar-refractivity contribution in [2.45, 2.75) is 31.3 Å². The van der Waals surface area contributed by atoms with Gasteiger partial charge in [0.2, 0.25) is 5.91 Å². The molecule has 1 amide bonds. The van der Waals surface area contributed by atoms with Gasteiger partial charge in [0, 0.05) is 35.9 Å². The van der Waals surface area contributed by atoms with Gasteiger partial charge in [0.15, 0.2) is 0 Å². The van der Waals surface area contributed by atoms with E-state index in [9.17, 15) is 4.79 Å². The molecule has 2 aromatic carbocycles. The van der Waals surface area contributed by atoms with Crippen LogP contribution in [0.2, 0.25) is 0 Å². The van der Waals surface area contributed by atoms with Crippen molar-refractivity contribution in [3.05, 3.63) is 84.8 Å². The van der Waals surface area contributed by atoms with Crippen LogP contribution in [0.25, 0.3) is 16.6 Å². The average molecular weight is 424 g/mol. The summed E-state index contributed by atoms with van der Waals surface area (Å²) in [7, 11) is 0. The number of anilines is 1. The maximum Gasteiger partial charge on any atom is 0.223 e. The summed E-state index contributed by atoms with van der Waals surface area (Å²) in [6.07, 6.45) is 8.46. The van der Waals surface area contributed by atoms with Gasteiger partial charge < -0.3 is 10.2 Å². The van der Waals surface area contributed by atoms with Crippen molar-refractivity contribution < 1.29 is 4.79 Å². The molecule has 0 bridgehead atoms. The monoisotopic (exact) mass is 423 g/mol. The van der Waals surface area contributed by atoms with E-state index in [1.54, 1.807) is 12.4 Å². The smallest absolute Gasteiger partial charge is 0.223 e. The summed E-state index contributed by atoms with van der Waals surface area (Å²) < 4.78 is 1.94. The molecule has 1 saturated heterocycles. The Kier molecular flexibility index (Phi) is 4.63. The minimum atomic E-state index is 0.112. The number of rotatable bonds is 5. The number of aromatic nitrogens is 3. The number of benzene rings is 2. The molecule has 1 saturated carbocycles. The van der Waals surface area contributed by atoms with Crippen LogP contribution in [0.4, 0.5) is 5.69 Å². The van der Waals surface area contributed by atoms with E-state index in [0.717, 1.165) is 48.1 Å². The largest absolute Gasteiger partial charge is 0.362 e. The zero-order valence-corrected chi connectivity index (χ0v) is 17.8. The third-order valence-corrected chi connectivity index (χ3v) is 6.61. The van der Waals surface area contributed by atoms with Gasteiger partial charge in [-0.25, -0.2) is 4.68 Å². The van der Waals surface area contributed by atoms with E-state index in [4.69, 9.17) is 0 Å². The Morgan fingerprint density at radius 2 is 1.75 bits per heavy atom. The SMILES string of the molecule is O=C(N[C@H]1CCN(c2ccc3c(cnn3-c3ccncc3)c2)[C@@H]1c1ccccc1)C1CC1. The molecule has 2 aromatic heterocycles. The standard InChI is InChI=1S/C26H25N5O/c32-26(19-6-7-19)29-23-12-15-30(25(23)18-4-2-1-3-5-18)22-8-9-24-20(16-22)17-28-31(24)21-10-13-27-14-11-21/h1-5,8-11,13-14,16-17,19,23,25H,6-7,12,15H2,(H,29,32)/t23-,25+/m0/s1. The Morgan fingerprint density at radius 1 is 0.938 bits per heavy atom. The van der Waals surface area contributed by atoms with E-state index >= 15 is 0 Å². The van der Waals surface area contributed by atoms with Crippen LogP contribution in [0.5, 0.6) is 0 Å². The maximum absolute atomic E-state index is 12.5. The first-order valence-electron chi connectivity index (χ1n) is 11.3. The molecule has 1 aliphatic carbocycles. The fraction of sp³-hybridized carbons (Fsp3) is 0.269. The second kappa shape index (κ2) is 7.79. The maximum atomic E-state index is 12.5.